The van der Waals surface area contributed by atoms with E-state index in [9.17, 15) is 14.4 Å². The maximum absolute atomic E-state index is 12.8. The van der Waals surface area contributed by atoms with Crippen LogP contribution in [-0.2, 0) is 4.79 Å². The molecule has 0 spiro atoms. The molecule has 2 aromatic rings. The number of carboxylic acid groups (broad SMARTS) is 1. The molecule has 1 heterocycles. The van der Waals surface area contributed by atoms with Gasteiger partial charge in [-0.1, -0.05) is 18.2 Å². The van der Waals surface area contributed by atoms with Crippen molar-refractivity contribution in [2.75, 3.05) is 23.3 Å². The number of amides is 3. The molecular formula is C20H21N3O4S. The lowest BCUT2D eigenvalue weighted by atomic mass is 10.2. The Morgan fingerprint density at radius 1 is 1.21 bits per heavy atom. The van der Waals surface area contributed by atoms with Gasteiger partial charge >= 0.3 is 12.0 Å². The third kappa shape index (κ3) is 4.64. The second-order valence-electron chi connectivity index (χ2n) is 6.34. The van der Waals surface area contributed by atoms with Crippen molar-refractivity contribution in [3.63, 3.8) is 0 Å². The Morgan fingerprint density at radius 3 is 2.75 bits per heavy atom. The lowest BCUT2D eigenvalue weighted by molar-refractivity contribution is -0.136. The number of carbonyl (C=O) groups excluding carboxylic acids is 2. The fraction of sp³-hybridized carbons (Fsp3) is 0.250. The van der Waals surface area contributed by atoms with E-state index in [0.29, 0.717) is 34.9 Å². The minimum Gasteiger partial charge on any atom is -0.480 e. The van der Waals surface area contributed by atoms with E-state index in [-0.39, 0.29) is 11.9 Å². The molecule has 0 bridgehead atoms. The van der Waals surface area contributed by atoms with Gasteiger partial charge in [0.2, 0.25) is 0 Å². The van der Waals surface area contributed by atoms with Gasteiger partial charge in [0.05, 0.1) is 5.56 Å². The Morgan fingerprint density at radius 2 is 2.00 bits per heavy atom. The maximum atomic E-state index is 12.8. The Bertz CT molecular complexity index is 903. The van der Waals surface area contributed by atoms with E-state index >= 15 is 0 Å². The highest BCUT2D eigenvalue weighted by Gasteiger charge is 2.20. The number of benzene rings is 2. The molecule has 7 nitrogen and oxygen atoms in total. The molecule has 1 fully saturated rings. The molecule has 1 atom stereocenters. The van der Waals surface area contributed by atoms with Crippen molar-refractivity contribution < 1.29 is 19.5 Å². The smallest absolute Gasteiger partial charge is 0.321 e. The Balaban J connectivity index is 1.78. The number of rotatable bonds is 6. The topological polar surface area (TPSA) is 98.7 Å². The molecule has 3 N–H and O–H groups in total. The summed E-state index contributed by atoms with van der Waals surface area (Å²) in [5, 5.41) is 14.1. The van der Waals surface area contributed by atoms with E-state index in [1.165, 1.54) is 0 Å². The van der Waals surface area contributed by atoms with Crippen molar-refractivity contribution in [3.05, 3.63) is 54.1 Å². The molecule has 1 unspecified atom stereocenters. The summed E-state index contributed by atoms with van der Waals surface area (Å²) in [6, 6.07) is 13.8. The molecule has 1 aliphatic heterocycles. The Kier molecular flexibility index (Phi) is 6.20. The molecule has 28 heavy (non-hydrogen) atoms. The highest BCUT2D eigenvalue weighted by atomic mass is 32.2. The molecule has 3 rings (SSSR count). The monoisotopic (exact) mass is 399 g/mol. The highest BCUT2D eigenvalue weighted by molar-refractivity contribution is 8.00. The fourth-order valence-corrected chi connectivity index (χ4v) is 3.75. The van der Waals surface area contributed by atoms with Gasteiger partial charge in [0.15, 0.2) is 0 Å². The zero-order valence-electron chi connectivity index (χ0n) is 15.3. The van der Waals surface area contributed by atoms with Crippen molar-refractivity contribution in [3.8, 4) is 0 Å². The standard InChI is InChI=1S/C20H21N3O4S/c1-13(19(25)26)28-17-9-3-2-8-16(17)18(24)22-14-6-4-7-15(12-14)23-11-5-10-21-20(23)27/h2-4,6-9,12-13H,5,10-11H2,1H3,(H,21,27)(H,22,24)(H,25,26). The van der Waals surface area contributed by atoms with Gasteiger partial charge in [0.25, 0.3) is 5.91 Å². The van der Waals surface area contributed by atoms with Crippen molar-refractivity contribution in [1.29, 1.82) is 0 Å². The molecule has 0 aliphatic carbocycles. The second-order valence-corrected chi connectivity index (χ2v) is 7.72. The molecule has 2 aromatic carbocycles. The van der Waals surface area contributed by atoms with Gasteiger partial charge in [-0.3, -0.25) is 14.5 Å². The maximum Gasteiger partial charge on any atom is 0.321 e. The summed E-state index contributed by atoms with van der Waals surface area (Å²) in [4.78, 5) is 38.2. The van der Waals surface area contributed by atoms with Crippen LogP contribution in [0, 0.1) is 0 Å². The van der Waals surface area contributed by atoms with Crippen molar-refractivity contribution in [1.82, 2.24) is 5.32 Å². The van der Waals surface area contributed by atoms with Crippen molar-refractivity contribution in [2.24, 2.45) is 0 Å². The predicted molar refractivity (Wildman–Crippen MR) is 109 cm³/mol. The van der Waals surface area contributed by atoms with Crippen LogP contribution in [0.4, 0.5) is 16.2 Å². The zero-order chi connectivity index (χ0) is 20.1. The first-order valence-corrected chi connectivity index (χ1v) is 9.79. The number of nitrogens with one attached hydrogen (secondary N) is 2. The summed E-state index contributed by atoms with van der Waals surface area (Å²) in [6.45, 7) is 2.86. The van der Waals surface area contributed by atoms with E-state index < -0.39 is 11.2 Å². The molecule has 0 saturated carbocycles. The molecule has 3 amide bonds. The van der Waals surface area contributed by atoms with Crippen LogP contribution in [0.3, 0.4) is 0 Å². The number of hydrogen-bond acceptors (Lipinski definition) is 4. The molecular weight excluding hydrogens is 378 g/mol. The predicted octanol–water partition coefficient (Wildman–Crippen LogP) is 3.42. The molecule has 8 heteroatoms. The van der Waals surface area contributed by atoms with Gasteiger partial charge in [-0.05, 0) is 43.7 Å². The lowest BCUT2D eigenvalue weighted by Gasteiger charge is -2.27. The van der Waals surface area contributed by atoms with Gasteiger partial charge in [-0.25, -0.2) is 4.79 Å². The second kappa shape index (κ2) is 8.79. The van der Waals surface area contributed by atoms with Crippen LogP contribution in [0.1, 0.15) is 23.7 Å². The normalized spacial score (nSPS) is 14.9. The Hall–Kier alpha value is -3.00. The van der Waals surface area contributed by atoms with Crippen LogP contribution >= 0.6 is 11.8 Å². The van der Waals surface area contributed by atoms with Crippen molar-refractivity contribution in [2.45, 2.75) is 23.5 Å². The largest absolute Gasteiger partial charge is 0.480 e. The number of nitrogens with zero attached hydrogens (tertiary/aromatic N) is 1. The van der Waals surface area contributed by atoms with Gasteiger partial charge in [0, 0.05) is 29.4 Å². The molecule has 0 aromatic heterocycles. The molecule has 0 radical (unpaired) electrons. The fourth-order valence-electron chi connectivity index (χ4n) is 2.82. The number of carbonyl (C=O) groups is 3. The summed E-state index contributed by atoms with van der Waals surface area (Å²) in [6.07, 6.45) is 0.856. The van der Waals surface area contributed by atoms with Gasteiger partial charge in [-0.15, -0.1) is 11.8 Å². The summed E-state index contributed by atoms with van der Waals surface area (Å²) < 4.78 is 0. The average Bonchev–Trinajstić information content (AvgIpc) is 2.69. The minimum atomic E-state index is -0.937. The molecule has 146 valence electrons. The number of anilines is 2. The van der Waals surface area contributed by atoms with E-state index in [0.717, 1.165) is 18.2 Å². The summed E-state index contributed by atoms with van der Waals surface area (Å²) in [5.41, 5.74) is 1.67. The lowest BCUT2D eigenvalue weighted by Crippen LogP contribution is -2.46. The van der Waals surface area contributed by atoms with E-state index in [4.69, 9.17) is 5.11 Å². The Labute approximate surface area is 167 Å². The first-order chi connectivity index (χ1) is 13.5. The van der Waals surface area contributed by atoms with Crippen LogP contribution in [0.25, 0.3) is 0 Å². The third-order valence-electron chi connectivity index (χ3n) is 4.28. The van der Waals surface area contributed by atoms with Crippen LogP contribution < -0.4 is 15.5 Å². The number of hydrogen-bond donors (Lipinski definition) is 3. The van der Waals surface area contributed by atoms with E-state index in [2.05, 4.69) is 10.6 Å². The van der Waals surface area contributed by atoms with E-state index in [1.54, 1.807) is 54.3 Å². The van der Waals surface area contributed by atoms with Crippen LogP contribution in [-0.4, -0.2) is 41.4 Å². The summed E-state index contributed by atoms with van der Waals surface area (Å²) in [5.74, 6) is -1.27. The SMILES string of the molecule is CC(Sc1ccccc1C(=O)Nc1cccc(N2CCCNC2=O)c1)C(=O)O. The summed E-state index contributed by atoms with van der Waals surface area (Å²) in [7, 11) is 0. The molecule has 1 aliphatic rings. The van der Waals surface area contributed by atoms with E-state index in [1.807, 2.05) is 6.07 Å². The first kappa shape index (κ1) is 19.8. The number of aliphatic carboxylic acids is 1. The van der Waals surface area contributed by atoms with Gasteiger partial charge in [-0.2, -0.15) is 0 Å². The van der Waals surface area contributed by atoms with Gasteiger partial charge in [0.1, 0.15) is 5.25 Å². The average molecular weight is 399 g/mol. The quantitative estimate of drug-likeness (QED) is 0.647. The zero-order valence-corrected chi connectivity index (χ0v) is 16.2. The van der Waals surface area contributed by atoms with Gasteiger partial charge < -0.3 is 15.7 Å². The number of thioether (sulfide) groups is 1. The minimum absolute atomic E-state index is 0.154. The highest BCUT2D eigenvalue weighted by Crippen LogP contribution is 2.28. The van der Waals surface area contributed by atoms with Crippen LogP contribution in [0.2, 0.25) is 0 Å². The summed E-state index contributed by atoms with van der Waals surface area (Å²) >= 11 is 1.12. The van der Waals surface area contributed by atoms with Crippen LogP contribution in [0.15, 0.2) is 53.4 Å². The number of urea groups is 1. The molecule has 1 saturated heterocycles. The first-order valence-electron chi connectivity index (χ1n) is 8.91. The number of carboxylic acids is 1. The van der Waals surface area contributed by atoms with Crippen LogP contribution in [0.5, 0.6) is 0 Å². The van der Waals surface area contributed by atoms with Crippen molar-refractivity contribution >= 4 is 41.0 Å². The third-order valence-corrected chi connectivity index (χ3v) is 5.44.